The van der Waals surface area contributed by atoms with Gasteiger partial charge in [0.15, 0.2) is 5.78 Å². The summed E-state index contributed by atoms with van der Waals surface area (Å²) in [7, 11) is 0. The number of likely N-dealkylation sites (N-methyl/N-ethyl adjacent to an activating group) is 1. The van der Waals surface area contributed by atoms with Gasteiger partial charge in [-0.3, -0.25) is 14.7 Å². The van der Waals surface area contributed by atoms with Gasteiger partial charge in [-0.15, -0.1) is 0 Å². The summed E-state index contributed by atoms with van der Waals surface area (Å²) in [6, 6.07) is 1.97. The van der Waals surface area contributed by atoms with Crippen LogP contribution in [0.4, 0.5) is 0 Å². The Morgan fingerprint density at radius 3 is 2.42 bits per heavy atom. The molecule has 3 heteroatoms. The summed E-state index contributed by atoms with van der Waals surface area (Å²) < 4.78 is 0. The number of Topliss-reactive ketones (excluding diaryl/α,β-unsaturated/α-hetero) is 1. The van der Waals surface area contributed by atoms with Gasteiger partial charge in [-0.05, 0) is 44.5 Å². The number of carbonyl (C=O) groups is 1. The lowest BCUT2D eigenvalue weighted by Gasteiger charge is -2.39. The summed E-state index contributed by atoms with van der Waals surface area (Å²) in [5.41, 5.74) is 1.55. The van der Waals surface area contributed by atoms with Crippen molar-refractivity contribution in [3.05, 3.63) is 29.6 Å². The van der Waals surface area contributed by atoms with E-state index >= 15 is 0 Å². The third-order valence-electron chi connectivity index (χ3n) is 4.36. The van der Waals surface area contributed by atoms with Crippen LogP contribution in [0.15, 0.2) is 18.5 Å². The molecule has 1 aromatic heterocycles. The summed E-state index contributed by atoms with van der Waals surface area (Å²) in [4.78, 5) is 19.5. The molecular formula is C16H24N2O. The van der Waals surface area contributed by atoms with E-state index in [1.165, 1.54) is 0 Å². The van der Waals surface area contributed by atoms with E-state index < -0.39 is 0 Å². The summed E-state index contributed by atoms with van der Waals surface area (Å²) in [5, 5.41) is 0. The average Bonchev–Trinajstić information content (AvgIpc) is 2.90. The van der Waals surface area contributed by atoms with Gasteiger partial charge in [0, 0.05) is 18.0 Å². The second kappa shape index (κ2) is 5.83. The van der Waals surface area contributed by atoms with Gasteiger partial charge in [-0.1, -0.05) is 26.7 Å². The van der Waals surface area contributed by atoms with Crippen LogP contribution in [-0.2, 0) is 0 Å². The van der Waals surface area contributed by atoms with Gasteiger partial charge in [0.2, 0.25) is 0 Å². The first-order valence-electron chi connectivity index (χ1n) is 7.35. The van der Waals surface area contributed by atoms with Crippen molar-refractivity contribution in [3.63, 3.8) is 0 Å². The lowest BCUT2D eigenvalue weighted by Crippen LogP contribution is -2.52. The highest BCUT2D eigenvalue weighted by Gasteiger charge is 2.45. The molecule has 0 amide bonds. The number of aromatic nitrogens is 1. The van der Waals surface area contributed by atoms with Crippen molar-refractivity contribution in [2.75, 3.05) is 13.1 Å². The van der Waals surface area contributed by atoms with E-state index in [2.05, 4.69) is 23.7 Å². The zero-order valence-corrected chi connectivity index (χ0v) is 12.3. The minimum absolute atomic E-state index is 0.268. The molecule has 0 spiro atoms. The Labute approximate surface area is 116 Å². The Kier molecular flexibility index (Phi) is 4.35. The Bertz CT molecular complexity index is 446. The molecule has 0 radical (unpaired) electrons. The van der Waals surface area contributed by atoms with Crippen molar-refractivity contribution in [1.29, 1.82) is 0 Å². The van der Waals surface area contributed by atoms with Gasteiger partial charge in [0.05, 0.1) is 5.54 Å². The first kappa shape index (κ1) is 14.2. The monoisotopic (exact) mass is 260 g/mol. The van der Waals surface area contributed by atoms with Gasteiger partial charge in [-0.25, -0.2) is 0 Å². The number of hydrogen-bond acceptors (Lipinski definition) is 3. The van der Waals surface area contributed by atoms with Crippen molar-refractivity contribution in [1.82, 2.24) is 9.88 Å². The van der Waals surface area contributed by atoms with Crippen LogP contribution in [0.25, 0.3) is 0 Å². The van der Waals surface area contributed by atoms with Gasteiger partial charge in [-0.2, -0.15) is 0 Å². The Morgan fingerprint density at radius 1 is 1.26 bits per heavy atom. The quantitative estimate of drug-likeness (QED) is 0.762. The molecule has 1 aliphatic rings. The van der Waals surface area contributed by atoms with Crippen LogP contribution in [-0.4, -0.2) is 34.3 Å². The molecule has 1 fully saturated rings. The maximum absolute atomic E-state index is 13.0. The molecule has 0 unspecified atom stereocenters. The topological polar surface area (TPSA) is 33.2 Å². The summed E-state index contributed by atoms with van der Waals surface area (Å²) >= 11 is 0. The summed E-state index contributed by atoms with van der Waals surface area (Å²) in [5.74, 6) is 0.268. The number of hydrogen-bond donors (Lipinski definition) is 0. The second-order valence-electron chi connectivity index (χ2n) is 5.49. The molecule has 2 rings (SSSR count). The lowest BCUT2D eigenvalue weighted by atomic mass is 9.86. The zero-order chi connectivity index (χ0) is 13.9. The molecule has 19 heavy (non-hydrogen) atoms. The minimum Gasteiger partial charge on any atom is -0.292 e. The van der Waals surface area contributed by atoms with E-state index in [0.29, 0.717) is 0 Å². The van der Waals surface area contributed by atoms with E-state index in [-0.39, 0.29) is 11.3 Å². The van der Waals surface area contributed by atoms with Gasteiger partial charge in [0.1, 0.15) is 0 Å². The maximum atomic E-state index is 13.0. The molecule has 3 nitrogen and oxygen atoms in total. The number of aryl methyl sites for hydroxylation is 1. The fraction of sp³-hybridized carbons (Fsp3) is 0.625. The number of nitrogens with zero attached hydrogens (tertiary/aromatic N) is 2. The Hall–Kier alpha value is -1.22. The standard InChI is InChI=1S/C16H24N2O/c1-4-18(5-2)16(8-6-7-9-16)15(19)14-10-13(3)11-17-12-14/h10-12H,4-9H2,1-3H3. The predicted octanol–water partition coefficient (Wildman–Crippen LogP) is 3.23. The van der Waals surface area contributed by atoms with Crippen LogP contribution in [0.2, 0.25) is 0 Å². The molecule has 1 aliphatic carbocycles. The van der Waals surface area contributed by atoms with Crippen LogP contribution in [0.1, 0.15) is 55.5 Å². The Morgan fingerprint density at radius 2 is 1.89 bits per heavy atom. The number of pyridine rings is 1. The lowest BCUT2D eigenvalue weighted by molar-refractivity contribution is 0.0584. The molecule has 1 heterocycles. The van der Waals surface area contributed by atoms with Crippen LogP contribution in [0.5, 0.6) is 0 Å². The Balaban J connectivity index is 2.36. The van der Waals surface area contributed by atoms with Crippen molar-refractivity contribution in [2.45, 2.75) is 52.0 Å². The molecule has 0 aromatic carbocycles. The minimum atomic E-state index is -0.279. The van der Waals surface area contributed by atoms with E-state index in [1.807, 2.05) is 13.0 Å². The zero-order valence-electron chi connectivity index (χ0n) is 12.3. The van der Waals surface area contributed by atoms with E-state index in [9.17, 15) is 4.79 Å². The molecule has 1 saturated carbocycles. The maximum Gasteiger partial charge on any atom is 0.184 e. The molecule has 0 aliphatic heterocycles. The fourth-order valence-electron chi connectivity index (χ4n) is 3.42. The SMILES string of the molecule is CCN(CC)C1(C(=O)c2cncc(C)c2)CCCC1. The van der Waals surface area contributed by atoms with Crippen LogP contribution in [0, 0.1) is 6.92 Å². The molecule has 0 atom stereocenters. The molecule has 104 valence electrons. The highest BCUT2D eigenvalue weighted by Crippen LogP contribution is 2.37. The van der Waals surface area contributed by atoms with Crippen molar-refractivity contribution in [2.24, 2.45) is 0 Å². The highest BCUT2D eigenvalue weighted by molar-refractivity contribution is 6.03. The van der Waals surface area contributed by atoms with Gasteiger partial charge < -0.3 is 0 Å². The van der Waals surface area contributed by atoms with E-state index in [0.717, 1.165) is 49.9 Å². The van der Waals surface area contributed by atoms with Crippen LogP contribution >= 0.6 is 0 Å². The molecule has 0 saturated heterocycles. The molecule has 0 bridgehead atoms. The third-order valence-corrected chi connectivity index (χ3v) is 4.36. The third kappa shape index (κ3) is 2.57. The second-order valence-corrected chi connectivity index (χ2v) is 5.49. The summed E-state index contributed by atoms with van der Waals surface area (Å²) in [6.07, 6.45) is 7.81. The number of ketones is 1. The van der Waals surface area contributed by atoms with Crippen molar-refractivity contribution >= 4 is 5.78 Å². The fourth-order valence-corrected chi connectivity index (χ4v) is 3.42. The van der Waals surface area contributed by atoms with Crippen molar-refractivity contribution in [3.8, 4) is 0 Å². The van der Waals surface area contributed by atoms with Crippen LogP contribution < -0.4 is 0 Å². The molecular weight excluding hydrogens is 236 g/mol. The highest BCUT2D eigenvalue weighted by atomic mass is 16.1. The smallest absolute Gasteiger partial charge is 0.184 e. The largest absolute Gasteiger partial charge is 0.292 e. The van der Waals surface area contributed by atoms with Crippen molar-refractivity contribution < 1.29 is 4.79 Å². The predicted molar refractivity (Wildman–Crippen MR) is 77.4 cm³/mol. The first-order valence-corrected chi connectivity index (χ1v) is 7.35. The van der Waals surface area contributed by atoms with E-state index in [4.69, 9.17) is 0 Å². The number of carbonyl (C=O) groups excluding carboxylic acids is 1. The summed E-state index contributed by atoms with van der Waals surface area (Å²) in [6.45, 7) is 8.14. The first-order chi connectivity index (χ1) is 9.14. The normalized spacial score (nSPS) is 17.9. The average molecular weight is 260 g/mol. The number of rotatable bonds is 5. The van der Waals surface area contributed by atoms with E-state index in [1.54, 1.807) is 12.4 Å². The molecule has 0 N–H and O–H groups in total. The molecule has 1 aromatic rings. The van der Waals surface area contributed by atoms with Gasteiger partial charge in [0.25, 0.3) is 0 Å². The van der Waals surface area contributed by atoms with Gasteiger partial charge >= 0.3 is 0 Å². The van der Waals surface area contributed by atoms with Crippen LogP contribution in [0.3, 0.4) is 0 Å².